The van der Waals surface area contributed by atoms with Gasteiger partial charge in [-0.15, -0.1) is 0 Å². The van der Waals surface area contributed by atoms with Crippen molar-refractivity contribution >= 4 is 23.6 Å². The quantitative estimate of drug-likeness (QED) is 0.665. The summed E-state index contributed by atoms with van der Waals surface area (Å²) in [6, 6.07) is 10.8. The first kappa shape index (κ1) is 18.3. The largest absolute Gasteiger partial charge is 0.496 e. The van der Waals surface area contributed by atoms with Gasteiger partial charge in [-0.25, -0.2) is 4.79 Å². The van der Waals surface area contributed by atoms with Crippen LogP contribution in [-0.2, 0) is 9.53 Å². The molecule has 0 unspecified atom stereocenters. The first-order valence-corrected chi connectivity index (χ1v) is 7.77. The Morgan fingerprint density at radius 2 is 1.80 bits per heavy atom. The minimum atomic E-state index is -0.449. The third-order valence-electron chi connectivity index (χ3n) is 3.72. The molecular weight excluding hydrogens is 318 g/mol. The average molecular weight is 339 g/mol. The summed E-state index contributed by atoms with van der Waals surface area (Å²) in [4.78, 5) is 23.8. The second-order valence-electron chi connectivity index (χ2n) is 5.59. The van der Waals surface area contributed by atoms with Crippen molar-refractivity contribution in [3.8, 4) is 5.75 Å². The van der Waals surface area contributed by atoms with Gasteiger partial charge in [0, 0.05) is 17.3 Å². The topological polar surface area (TPSA) is 64.6 Å². The lowest BCUT2D eigenvalue weighted by molar-refractivity contribution is -0.111. The van der Waals surface area contributed by atoms with Gasteiger partial charge in [-0.1, -0.05) is 17.7 Å². The fourth-order valence-electron chi connectivity index (χ4n) is 2.33. The molecule has 0 heterocycles. The fraction of sp³-hybridized carbons (Fsp3) is 0.200. The van der Waals surface area contributed by atoms with E-state index >= 15 is 0 Å². The molecule has 0 saturated heterocycles. The van der Waals surface area contributed by atoms with Gasteiger partial charge >= 0.3 is 5.97 Å². The molecule has 0 spiro atoms. The Bertz CT molecular complexity index is 824. The van der Waals surface area contributed by atoms with Crippen molar-refractivity contribution in [3.63, 3.8) is 0 Å². The Labute approximate surface area is 147 Å². The number of hydrogen-bond donors (Lipinski definition) is 1. The van der Waals surface area contributed by atoms with E-state index in [1.54, 1.807) is 31.4 Å². The Morgan fingerprint density at radius 3 is 2.48 bits per heavy atom. The first-order chi connectivity index (χ1) is 11.9. The van der Waals surface area contributed by atoms with Crippen molar-refractivity contribution < 1.29 is 19.1 Å². The van der Waals surface area contributed by atoms with Gasteiger partial charge in [0.15, 0.2) is 0 Å². The maximum absolute atomic E-state index is 12.2. The van der Waals surface area contributed by atoms with Crippen LogP contribution in [0.5, 0.6) is 5.75 Å². The summed E-state index contributed by atoms with van der Waals surface area (Å²) in [6.45, 7) is 3.82. The standard InChI is InChI=1S/C20H21NO4/c1-13-5-9-18(24-3)15(11-13)8-10-19(22)21-17-12-16(20(23)25-4)7-6-14(17)2/h5-12H,1-4H3,(H,21,22)/b10-8+. The number of aryl methyl sites for hydroxylation is 2. The molecule has 25 heavy (non-hydrogen) atoms. The number of nitrogens with one attached hydrogen (secondary N) is 1. The zero-order valence-corrected chi connectivity index (χ0v) is 14.8. The van der Waals surface area contributed by atoms with Crippen LogP contribution in [0, 0.1) is 13.8 Å². The number of carbonyl (C=O) groups excluding carboxylic acids is 2. The molecule has 130 valence electrons. The third kappa shape index (κ3) is 4.70. The molecule has 0 radical (unpaired) electrons. The molecule has 1 N–H and O–H groups in total. The zero-order valence-electron chi connectivity index (χ0n) is 14.8. The molecule has 0 saturated carbocycles. The summed E-state index contributed by atoms with van der Waals surface area (Å²) in [5.41, 5.74) is 3.68. The van der Waals surface area contributed by atoms with E-state index < -0.39 is 5.97 Å². The zero-order chi connectivity index (χ0) is 18.4. The average Bonchev–Trinajstić information content (AvgIpc) is 2.61. The summed E-state index contributed by atoms with van der Waals surface area (Å²) in [7, 11) is 2.90. The van der Waals surface area contributed by atoms with E-state index in [0.717, 1.165) is 16.7 Å². The van der Waals surface area contributed by atoms with Crippen LogP contribution in [0.4, 0.5) is 5.69 Å². The van der Waals surface area contributed by atoms with Crippen LogP contribution in [0.25, 0.3) is 6.08 Å². The van der Waals surface area contributed by atoms with Gasteiger partial charge in [0.05, 0.1) is 19.8 Å². The molecule has 2 aromatic rings. The van der Waals surface area contributed by atoms with Crippen LogP contribution in [0.3, 0.4) is 0 Å². The van der Waals surface area contributed by atoms with Crippen LogP contribution >= 0.6 is 0 Å². The number of methoxy groups -OCH3 is 2. The predicted molar refractivity (Wildman–Crippen MR) is 97.9 cm³/mol. The van der Waals surface area contributed by atoms with Gasteiger partial charge < -0.3 is 14.8 Å². The van der Waals surface area contributed by atoms with Crippen molar-refractivity contribution in [1.29, 1.82) is 0 Å². The van der Waals surface area contributed by atoms with E-state index in [1.165, 1.54) is 13.2 Å². The number of hydrogen-bond acceptors (Lipinski definition) is 4. The Balaban J connectivity index is 2.18. The van der Waals surface area contributed by atoms with Gasteiger partial charge in [0.2, 0.25) is 5.91 Å². The van der Waals surface area contributed by atoms with Gasteiger partial charge in [-0.3, -0.25) is 4.79 Å². The SMILES string of the molecule is COC(=O)c1ccc(C)c(NC(=O)/C=C/c2cc(C)ccc2OC)c1. The number of carbonyl (C=O) groups is 2. The summed E-state index contributed by atoms with van der Waals surface area (Å²) < 4.78 is 9.99. The highest BCUT2D eigenvalue weighted by Gasteiger charge is 2.09. The Hall–Kier alpha value is -3.08. The minimum absolute atomic E-state index is 0.298. The van der Waals surface area contributed by atoms with Gasteiger partial charge in [0.25, 0.3) is 0 Å². The molecule has 0 aromatic heterocycles. The molecule has 0 aliphatic heterocycles. The van der Waals surface area contributed by atoms with Crippen LogP contribution in [0.15, 0.2) is 42.5 Å². The van der Waals surface area contributed by atoms with Crippen molar-refractivity contribution in [1.82, 2.24) is 0 Å². The number of amides is 1. The molecule has 0 fully saturated rings. The Kier molecular flexibility index (Phi) is 5.95. The maximum atomic E-state index is 12.2. The van der Waals surface area contributed by atoms with Crippen molar-refractivity contribution in [2.45, 2.75) is 13.8 Å². The van der Waals surface area contributed by atoms with Crippen molar-refractivity contribution in [2.24, 2.45) is 0 Å². The molecule has 5 heteroatoms. The normalized spacial score (nSPS) is 10.6. The van der Waals surface area contributed by atoms with E-state index in [4.69, 9.17) is 9.47 Å². The van der Waals surface area contributed by atoms with Gasteiger partial charge in [0.1, 0.15) is 5.75 Å². The molecular formula is C20H21NO4. The monoisotopic (exact) mass is 339 g/mol. The van der Waals surface area contributed by atoms with E-state index in [-0.39, 0.29) is 5.91 Å². The number of ether oxygens (including phenoxy) is 2. The second kappa shape index (κ2) is 8.15. The van der Waals surface area contributed by atoms with Gasteiger partial charge in [-0.2, -0.15) is 0 Å². The van der Waals surface area contributed by atoms with Crippen molar-refractivity contribution in [3.05, 3.63) is 64.7 Å². The fourth-order valence-corrected chi connectivity index (χ4v) is 2.33. The molecule has 0 bridgehead atoms. The van der Waals surface area contributed by atoms with E-state index in [9.17, 15) is 9.59 Å². The molecule has 5 nitrogen and oxygen atoms in total. The summed E-state index contributed by atoms with van der Waals surface area (Å²) in [5.74, 6) is -0.0530. The number of benzene rings is 2. The number of rotatable bonds is 5. The highest BCUT2D eigenvalue weighted by Crippen LogP contribution is 2.21. The summed E-state index contributed by atoms with van der Waals surface area (Å²) >= 11 is 0. The lowest BCUT2D eigenvalue weighted by atomic mass is 10.1. The minimum Gasteiger partial charge on any atom is -0.496 e. The van der Waals surface area contributed by atoms with Crippen LogP contribution in [0.1, 0.15) is 27.0 Å². The molecule has 1 amide bonds. The van der Waals surface area contributed by atoms with Crippen LogP contribution in [0.2, 0.25) is 0 Å². The molecule has 2 rings (SSSR count). The summed E-state index contributed by atoms with van der Waals surface area (Å²) in [5, 5.41) is 2.78. The number of anilines is 1. The predicted octanol–water partition coefficient (Wildman–Crippen LogP) is 3.75. The second-order valence-corrected chi connectivity index (χ2v) is 5.59. The van der Waals surface area contributed by atoms with Gasteiger partial charge in [-0.05, 0) is 49.8 Å². The highest BCUT2D eigenvalue weighted by molar-refractivity contribution is 6.03. The Morgan fingerprint density at radius 1 is 1.04 bits per heavy atom. The highest BCUT2D eigenvalue weighted by atomic mass is 16.5. The molecule has 0 aliphatic rings. The first-order valence-electron chi connectivity index (χ1n) is 7.77. The molecule has 2 aromatic carbocycles. The molecule has 0 aliphatic carbocycles. The van der Waals surface area contributed by atoms with E-state index in [1.807, 2.05) is 32.0 Å². The maximum Gasteiger partial charge on any atom is 0.337 e. The molecule has 0 atom stereocenters. The van der Waals surface area contributed by atoms with Crippen LogP contribution < -0.4 is 10.1 Å². The third-order valence-corrected chi connectivity index (χ3v) is 3.72. The lowest BCUT2D eigenvalue weighted by Gasteiger charge is -2.09. The van der Waals surface area contributed by atoms with E-state index in [2.05, 4.69) is 5.32 Å². The number of esters is 1. The van der Waals surface area contributed by atoms with Crippen LogP contribution in [-0.4, -0.2) is 26.1 Å². The smallest absolute Gasteiger partial charge is 0.337 e. The van der Waals surface area contributed by atoms with E-state index in [0.29, 0.717) is 17.0 Å². The lowest BCUT2D eigenvalue weighted by Crippen LogP contribution is -2.10. The summed E-state index contributed by atoms with van der Waals surface area (Å²) in [6.07, 6.45) is 3.13. The van der Waals surface area contributed by atoms with Crippen molar-refractivity contribution in [2.75, 3.05) is 19.5 Å².